The average molecular weight is 435 g/mol. The maximum absolute atomic E-state index is 12.8. The molecule has 0 radical (unpaired) electrons. The summed E-state index contributed by atoms with van der Waals surface area (Å²) >= 11 is 1.26. The quantitative estimate of drug-likeness (QED) is 0.534. The standard InChI is InChI=1S/C20H22N2O5S2/c1-4-27-12-11-22-16-10-9-14(29(3,24)25)13-18(16)28-20(22)21-19(23)15-7-5-6-8-17(15)26-2/h5-10,13H,4,11-12H2,1-3H3. The van der Waals surface area contributed by atoms with Crippen LogP contribution in [0, 0.1) is 0 Å². The Bertz CT molecular complexity index is 1210. The number of hydrogen-bond acceptors (Lipinski definition) is 6. The monoisotopic (exact) mass is 434 g/mol. The van der Waals surface area contributed by atoms with Gasteiger partial charge in [0.15, 0.2) is 14.6 Å². The number of fused-ring (bicyclic) bond motifs is 1. The lowest BCUT2D eigenvalue weighted by molar-refractivity contribution is 0.0993. The Kier molecular flexibility index (Phi) is 6.51. The second-order valence-corrected chi connectivity index (χ2v) is 9.28. The number of ether oxygens (including phenoxy) is 2. The van der Waals surface area contributed by atoms with Gasteiger partial charge < -0.3 is 14.0 Å². The third-order valence-corrected chi connectivity index (χ3v) is 6.43. The number of amides is 1. The molecule has 0 saturated heterocycles. The van der Waals surface area contributed by atoms with E-state index in [9.17, 15) is 13.2 Å². The number of nitrogens with zero attached hydrogens (tertiary/aromatic N) is 2. The molecule has 0 fully saturated rings. The van der Waals surface area contributed by atoms with Gasteiger partial charge in [0, 0.05) is 19.4 Å². The first-order valence-corrected chi connectivity index (χ1v) is 11.7. The molecule has 0 N–H and O–H groups in total. The summed E-state index contributed by atoms with van der Waals surface area (Å²) in [5.41, 5.74) is 1.16. The van der Waals surface area contributed by atoms with Gasteiger partial charge in [-0.05, 0) is 37.3 Å². The van der Waals surface area contributed by atoms with Gasteiger partial charge in [0.05, 0.1) is 34.4 Å². The van der Waals surface area contributed by atoms with Crippen LogP contribution in [0.4, 0.5) is 0 Å². The van der Waals surface area contributed by atoms with Crippen molar-refractivity contribution in [3.8, 4) is 5.75 Å². The number of sulfone groups is 1. The smallest absolute Gasteiger partial charge is 0.283 e. The fraction of sp³-hybridized carbons (Fsp3) is 0.300. The van der Waals surface area contributed by atoms with Crippen LogP contribution in [0.15, 0.2) is 52.4 Å². The molecule has 0 saturated carbocycles. The van der Waals surface area contributed by atoms with E-state index in [1.807, 2.05) is 11.5 Å². The molecule has 3 rings (SSSR count). The lowest BCUT2D eigenvalue weighted by Gasteiger charge is -2.06. The maximum Gasteiger partial charge on any atom is 0.283 e. The number of carbonyl (C=O) groups is 1. The summed E-state index contributed by atoms with van der Waals surface area (Å²) in [6, 6.07) is 11.8. The van der Waals surface area contributed by atoms with Gasteiger partial charge in [0.1, 0.15) is 5.75 Å². The van der Waals surface area contributed by atoms with E-state index in [1.165, 1.54) is 24.7 Å². The number of methoxy groups -OCH3 is 1. The van der Waals surface area contributed by atoms with E-state index in [0.29, 0.717) is 35.9 Å². The second-order valence-electron chi connectivity index (χ2n) is 6.25. The highest BCUT2D eigenvalue weighted by Crippen LogP contribution is 2.23. The summed E-state index contributed by atoms with van der Waals surface area (Å²) in [5.74, 6) is 0.0186. The van der Waals surface area contributed by atoms with Crippen molar-refractivity contribution < 1.29 is 22.7 Å². The Labute approximate surface area is 173 Å². The van der Waals surface area contributed by atoms with Crippen LogP contribution in [0.3, 0.4) is 0 Å². The molecule has 1 heterocycles. The molecule has 2 aromatic carbocycles. The lowest BCUT2D eigenvalue weighted by atomic mass is 10.2. The molecular formula is C20H22N2O5S2. The van der Waals surface area contributed by atoms with Gasteiger partial charge >= 0.3 is 0 Å². The molecular weight excluding hydrogens is 412 g/mol. The van der Waals surface area contributed by atoms with Crippen LogP contribution in [0.25, 0.3) is 10.2 Å². The molecule has 1 aromatic heterocycles. The van der Waals surface area contributed by atoms with Gasteiger partial charge in [0.25, 0.3) is 5.91 Å². The highest BCUT2D eigenvalue weighted by atomic mass is 32.2. The summed E-state index contributed by atoms with van der Waals surface area (Å²) in [7, 11) is -1.83. The molecule has 0 aliphatic heterocycles. The van der Waals surface area contributed by atoms with E-state index in [1.54, 1.807) is 42.5 Å². The zero-order valence-corrected chi connectivity index (χ0v) is 18.0. The molecule has 0 bridgehead atoms. The van der Waals surface area contributed by atoms with Gasteiger partial charge in [-0.1, -0.05) is 23.5 Å². The first kappa shape index (κ1) is 21.2. The zero-order chi connectivity index (χ0) is 21.0. The normalized spacial score (nSPS) is 12.4. The Hall–Kier alpha value is -2.49. The van der Waals surface area contributed by atoms with Gasteiger partial charge in [-0.25, -0.2) is 8.42 Å². The number of carbonyl (C=O) groups excluding carboxylic acids is 1. The summed E-state index contributed by atoms with van der Waals surface area (Å²) in [6.45, 7) is 3.43. The van der Waals surface area contributed by atoms with Crippen molar-refractivity contribution in [3.63, 3.8) is 0 Å². The van der Waals surface area contributed by atoms with Crippen LogP contribution >= 0.6 is 11.3 Å². The minimum atomic E-state index is -3.34. The van der Waals surface area contributed by atoms with Gasteiger partial charge in [-0.2, -0.15) is 4.99 Å². The molecule has 1 amide bonds. The number of aromatic nitrogens is 1. The van der Waals surface area contributed by atoms with Crippen LogP contribution in [0.2, 0.25) is 0 Å². The van der Waals surface area contributed by atoms with E-state index in [-0.39, 0.29) is 4.90 Å². The van der Waals surface area contributed by atoms with Crippen LogP contribution in [-0.4, -0.2) is 45.5 Å². The molecule has 154 valence electrons. The van der Waals surface area contributed by atoms with Crippen molar-refractivity contribution in [1.29, 1.82) is 0 Å². The Morgan fingerprint density at radius 1 is 1.21 bits per heavy atom. The SMILES string of the molecule is CCOCCn1c(=NC(=O)c2ccccc2OC)sc2cc(S(C)(=O)=O)ccc21. The molecule has 0 aliphatic carbocycles. The third-order valence-electron chi connectivity index (χ3n) is 4.28. The first-order chi connectivity index (χ1) is 13.8. The van der Waals surface area contributed by atoms with Crippen molar-refractivity contribution in [3.05, 3.63) is 52.8 Å². The van der Waals surface area contributed by atoms with E-state index in [4.69, 9.17) is 9.47 Å². The summed E-state index contributed by atoms with van der Waals surface area (Å²) in [6.07, 6.45) is 1.17. The lowest BCUT2D eigenvalue weighted by Crippen LogP contribution is -2.20. The van der Waals surface area contributed by atoms with Gasteiger partial charge in [-0.15, -0.1) is 0 Å². The number of rotatable bonds is 7. The molecule has 29 heavy (non-hydrogen) atoms. The van der Waals surface area contributed by atoms with Crippen molar-refractivity contribution >= 4 is 37.3 Å². The van der Waals surface area contributed by atoms with E-state index >= 15 is 0 Å². The molecule has 9 heteroatoms. The van der Waals surface area contributed by atoms with Crippen molar-refractivity contribution in [1.82, 2.24) is 4.57 Å². The summed E-state index contributed by atoms with van der Waals surface area (Å²) in [5, 5.41) is 0. The molecule has 0 atom stereocenters. The maximum atomic E-state index is 12.8. The summed E-state index contributed by atoms with van der Waals surface area (Å²) in [4.78, 5) is 17.8. The highest BCUT2D eigenvalue weighted by Gasteiger charge is 2.15. The number of benzene rings is 2. The molecule has 0 spiro atoms. The average Bonchev–Trinajstić information content (AvgIpc) is 3.03. The predicted octanol–water partition coefficient (Wildman–Crippen LogP) is 2.89. The number of thiazole rings is 1. The molecule has 0 aliphatic rings. The molecule has 0 unspecified atom stereocenters. The van der Waals surface area contributed by atoms with E-state index in [0.717, 1.165) is 10.2 Å². The predicted molar refractivity (Wildman–Crippen MR) is 112 cm³/mol. The van der Waals surface area contributed by atoms with Crippen molar-refractivity contribution in [2.45, 2.75) is 18.4 Å². The summed E-state index contributed by atoms with van der Waals surface area (Å²) < 4.78 is 37.1. The minimum absolute atomic E-state index is 0.228. The van der Waals surface area contributed by atoms with Crippen LogP contribution in [0.5, 0.6) is 5.75 Å². The molecule has 7 nitrogen and oxygen atoms in total. The number of para-hydroxylation sites is 1. The minimum Gasteiger partial charge on any atom is -0.496 e. The van der Waals surface area contributed by atoms with E-state index < -0.39 is 15.7 Å². The zero-order valence-electron chi connectivity index (χ0n) is 16.4. The van der Waals surface area contributed by atoms with Crippen LogP contribution in [-0.2, 0) is 21.1 Å². The van der Waals surface area contributed by atoms with Gasteiger partial charge in [-0.3, -0.25) is 4.79 Å². The van der Waals surface area contributed by atoms with Crippen LogP contribution in [0.1, 0.15) is 17.3 Å². The molecule has 3 aromatic rings. The Balaban J connectivity index is 2.14. The van der Waals surface area contributed by atoms with E-state index in [2.05, 4.69) is 4.99 Å². The van der Waals surface area contributed by atoms with Gasteiger partial charge in [0.2, 0.25) is 0 Å². The first-order valence-electron chi connectivity index (χ1n) is 8.98. The largest absolute Gasteiger partial charge is 0.496 e. The third kappa shape index (κ3) is 4.75. The Morgan fingerprint density at radius 3 is 2.66 bits per heavy atom. The van der Waals surface area contributed by atoms with Crippen molar-refractivity contribution in [2.24, 2.45) is 4.99 Å². The fourth-order valence-electron chi connectivity index (χ4n) is 2.85. The van der Waals surface area contributed by atoms with Crippen LogP contribution < -0.4 is 9.54 Å². The topological polar surface area (TPSA) is 87.0 Å². The Morgan fingerprint density at radius 2 is 1.97 bits per heavy atom. The fourth-order valence-corrected chi connectivity index (χ4v) is 4.67. The number of hydrogen-bond donors (Lipinski definition) is 0. The highest BCUT2D eigenvalue weighted by molar-refractivity contribution is 7.90. The van der Waals surface area contributed by atoms with Crippen molar-refractivity contribution in [2.75, 3.05) is 26.6 Å². The second kappa shape index (κ2) is 8.89.